The molecule has 0 amide bonds. The summed E-state index contributed by atoms with van der Waals surface area (Å²) in [6.45, 7) is 20.4. The Kier molecular flexibility index (Phi) is 24.1. The Bertz CT molecular complexity index is 513. The normalized spacial score (nSPS) is 12.3. The van der Waals surface area contributed by atoms with Gasteiger partial charge in [-0.1, -0.05) is 47.0 Å². The molecule has 0 aromatic heterocycles. The molecule has 0 aromatic rings. The molecule has 0 aliphatic carbocycles. The van der Waals surface area contributed by atoms with Gasteiger partial charge in [0.25, 0.3) is 0 Å². The van der Waals surface area contributed by atoms with E-state index in [1.165, 1.54) is 0 Å². The van der Waals surface area contributed by atoms with Crippen LogP contribution in [-0.4, -0.2) is 107 Å². The van der Waals surface area contributed by atoms with E-state index in [1.807, 2.05) is 0 Å². The Morgan fingerprint density at radius 2 is 0.946 bits per heavy atom. The van der Waals surface area contributed by atoms with Crippen molar-refractivity contribution in [2.45, 2.75) is 77.9 Å². The highest BCUT2D eigenvalue weighted by Gasteiger charge is 2.36. The highest BCUT2D eigenvalue weighted by atomic mass is 28.4. The van der Waals surface area contributed by atoms with Gasteiger partial charge < -0.3 is 37.6 Å². The van der Waals surface area contributed by atoms with Crippen molar-refractivity contribution in [3.05, 3.63) is 0 Å². The summed E-state index contributed by atoms with van der Waals surface area (Å²) in [7, 11) is -1.69. The Balaban J connectivity index is 3.20. The van der Waals surface area contributed by atoms with E-state index in [0.29, 0.717) is 98.9 Å². The molecule has 0 unspecified atom stereocenters. The number of hydrogen-bond donors (Lipinski definition) is 0. The summed E-state index contributed by atoms with van der Waals surface area (Å²) < 4.78 is 44.0. The molecule has 0 saturated carbocycles. The lowest BCUT2D eigenvalue weighted by molar-refractivity contribution is -0.145. The van der Waals surface area contributed by atoms with Gasteiger partial charge in [-0.3, -0.25) is 4.79 Å². The van der Waals surface area contributed by atoms with Crippen LogP contribution in [0.3, 0.4) is 0 Å². The van der Waals surface area contributed by atoms with Gasteiger partial charge in [-0.05, 0) is 24.6 Å². The van der Waals surface area contributed by atoms with Crippen LogP contribution >= 0.6 is 0 Å². The molecule has 37 heavy (non-hydrogen) atoms. The van der Waals surface area contributed by atoms with Crippen molar-refractivity contribution in [3.8, 4) is 0 Å². The number of carbonyl (C=O) groups excluding carboxylic acids is 1. The smallest absolute Gasteiger partial charge is 0.305 e. The summed E-state index contributed by atoms with van der Waals surface area (Å²) in [4.78, 5) is 11.5. The second-order valence-electron chi connectivity index (χ2n) is 10.3. The Hall–Kier alpha value is -0.593. The maximum Gasteiger partial charge on any atom is 0.305 e. The monoisotopic (exact) mass is 552 g/mol. The second-order valence-corrected chi connectivity index (χ2v) is 15.1. The van der Waals surface area contributed by atoms with Gasteiger partial charge in [-0.15, -0.1) is 0 Å². The average molecular weight is 553 g/mol. The minimum Gasteiger partial charge on any atom is -0.463 e. The molecule has 0 aliphatic heterocycles. The highest BCUT2D eigenvalue weighted by molar-refractivity contribution is 6.74. The molecule has 0 rings (SSSR count). The van der Waals surface area contributed by atoms with Crippen LogP contribution in [0.15, 0.2) is 0 Å². The zero-order valence-electron chi connectivity index (χ0n) is 24.6. The predicted molar refractivity (Wildman–Crippen MR) is 148 cm³/mol. The van der Waals surface area contributed by atoms with Crippen LogP contribution in [0.5, 0.6) is 0 Å². The van der Waals surface area contributed by atoms with E-state index in [-0.39, 0.29) is 11.0 Å². The number of esters is 1. The molecule has 0 atom stereocenters. The van der Waals surface area contributed by atoms with Gasteiger partial charge in [0.1, 0.15) is 6.61 Å². The topological polar surface area (TPSA) is 90.9 Å². The van der Waals surface area contributed by atoms with Crippen molar-refractivity contribution in [1.29, 1.82) is 0 Å². The molecular weight excluding hydrogens is 496 g/mol. The van der Waals surface area contributed by atoms with E-state index in [4.69, 9.17) is 37.6 Å². The van der Waals surface area contributed by atoms with Gasteiger partial charge in [0, 0.05) is 6.42 Å². The van der Waals surface area contributed by atoms with Gasteiger partial charge in [0.15, 0.2) is 8.32 Å². The van der Waals surface area contributed by atoms with E-state index >= 15 is 0 Å². The SMILES string of the molecule is CCCCCCC(=O)OCCOCCOCCOCCOCCOCCOCCO[Si](C)(C)C(C)(C)C. The Morgan fingerprint density at radius 1 is 0.568 bits per heavy atom. The van der Waals surface area contributed by atoms with E-state index < -0.39 is 8.32 Å². The summed E-state index contributed by atoms with van der Waals surface area (Å²) in [5.41, 5.74) is 0. The fourth-order valence-electron chi connectivity index (χ4n) is 2.76. The summed E-state index contributed by atoms with van der Waals surface area (Å²) in [6.07, 6.45) is 4.79. The quantitative estimate of drug-likeness (QED) is 0.0822. The molecule has 222 valence electrons. The molecule has 10 heteroatoms. The molecule has 0 saturated heterocycles. The summed E-state index contributed by atoms with van der Waals surface area (Å²) in [5, 5.41) is 0.220. The molecule has 0 N–H and O–H groups in total. The van der Waals surface area contributed by atoms with E-state index in [2.05, 4.69) is 40.8 Å². The van der Waals surface area contributed by atoms with Gasteiger partial charge >= 0.3 is 5.97 Å². The number of hydrogen-bond acceptors (Lipinski definition) is 9. The summed E-state index contributed by atoms with van der Waals surface area (Å²) in [6, 6.07) is 0. The predicted octanol–water partition coefficient (Wildman–Crippen LogP) is 4.62. The van der Waals surface area contributed by atoms with Gasteiger partial charge in [0.05, 0.1) is 85.9 Å². The maximum atomic E-state index is 11.5. The first-order valence-corrected chi connectivity index (χ1v) is 16.9. The highest BCUT2D eigenvalue weighted by Crippen LogP contribution is 2.36. The zero-order chi connectivity index (χ0) is 27.7. The van der Waals surface area contributed by atoms with E-state index in [0.717, 1.165) is 25.7 Å². The first kappa shape index (κ1) is 36.4. The standard InChI is InChI=1S/C27H56O9Si/c1-7-8-9-10-11-26(28)35-24-22-33-20-18-31-16-14-29-12-13-30-15-17-32-19-21-34-23-25-36-37(5,6)27(2,3)4/h7-25H2,1-6H3. The number of unbranched alkanes of at least 4 members (excludes halogenated alkanes) is 3. The minimum absolute atomic E-state index is 0.145. The third-order valence-electron chi connectivity index (χ3n) is 6.08. The lowest BCUT2D eigenvalue weighted by Crippen LogP contribution is -2.41. The van der Waals surface area contributed by atoms with Crippen LogP contribution < -0.4 is 0 Å². The number of rotatable bonds is 27. The Labute approximate surface area is 227 Å². The van der Waals surface area contributed by atoms with Crippen molar-refractivity contribution in [3.63, 3.8) is 0 Å². The lowest BCUT2D eigenvalue weighted by Gasteiger charge is -2.36. The van der Waals surface area contributed by atoms with Crippen molar-refractivity contribution in [1.82, 2.24) is 0 Å². The van der Waals surface area contributed by atoms with E-state index in [1.54, 1.807) is 0 Å². The molecule has 0 radical (unpaired) electrons. The molecule has 0 aromatic carbocycles. The van der Waals surface area contributed by atoms with Crippen molar-refractivity contribution >= 4 is 14.3 Å². The van der Waals surface area contributed by atoms with Crippen LogP contribution in [0.25, 0.3) is 0 Å². The van der Waals surface area contributed by atoms with Crippen molar-refractivity contribution in [2.75, 3.05) is 92.5 Å². The first-order chi connectivity index (χ1) is 17.7. The summed E-state index contributed by atoms with van der Waals surface area (Å²) in [5.74, 6) is -0.145. The Morgan fingerprint density at radius 3 is 1.32 bits per heavy atom. The van der Waals surface area contributed by atoms with Gasteiger partial charge in [-0.25, -0.2) is 0 Å². The fraction of sp³-hybridized carbons (Fsp3) is 0.963. The van der Waals surface area contributed by atoms with Crippen LogP contribution in [0, 0.1) is 0 Å². The molecule has 0 heterocycles. The van der Waals surface area contributed by atoms with Gasteiger partial charge in [0.2, 0.25) is 0 Å². The molecule has 0 aliphatic rings. The van der Waals surface area contributed by atoms with Crippen LogP contribution in [-0.2, 0) is 42.4 Å². The zero-order valence-corrected chi connectivity index (χ0v) is 25.6. The third-order valence-corrected chi connectivity index (χ3v) is 10.6. The fourth-order valence-corrected chi connectivity index (χ4v) is 3.78. The molecule has 0 spiro atoms. The van der Waals surface area contributed by atoms with Crippen LogP contribution in [0.4, 0.5) is 0 Å². The van der Waals surface area contributed by atoms with E-state index in [9.17, 15) is 4.79 Å². The number of carbonyl (C=O) groups is 1. The largest absolute Gasteiger partial charge is 0.463 e. The molecule has 9 nitrogen and oxygen atoms in total. The minimum atomic E-state index is -1.69. The molecular formula is C27H56O9Si. The van der Waals surface area contributed by atoms with Crippen LogP contribution in [0.2, 0.25) is 18.1 Å². The van der Waals surface area contributed by atoms with Gasteiger partial charge in [-0.2, -0.15) is 0 Å². The third kappa shape index (κ3) is 24.2. The summed E-state index contributed by atoms with van der Waals surface area (Å²) >= 11 is 0. The van der Waals surface area contributed by atoms with Crippen LogP contribution in [0.1, 0.15) is 59.8 Å². The first-order valence-electron chi connectivity index (χ1n) is 14.0. The van der Waals surface area contributed by atoms with Crippen molar-refractivity contribution in [2.24, 2.45) is 0 Å². The van der Waals surface area contributed by atoms with Crippen molar-refractivity contribution < 1.29 is 42.4 Å². The molecule has 0 bridgehead atoms. The lowest BCUT2D eigenvalue weighted by atomic mass is 10.2. The maximum absolute atomic E-state index is 11.5. The molecule has 0 fully saturated rings. The average Bonchev–Trinajstić information content (AvgIpc) is 2.84. The number of ether oxygens (including phenoxy) is 7. The second kappa shape index (κ2) is 24.4.